The Kier molecular flexibility index (Phi) is 9.40. The highest BCUT2D eigenvalue weighted by atomic mass is 16.5. The fourth-order valence-corrected chi connectivity index (χ4v) is 5.62. The summed E-state index contributed by atoms with van der Waals surface area (Å²) in [6.45, 7) is 10.3. The minimum atomic E-state index is -0.0434. The van der Waals surface area contributed by atoms with Gasteiger partial charge in [-0.05, 0) is 63.4 Å². The van der Waals surface area contributed by atoms with Gasteiger partial charge in [0, 0.05) is 56.5 Å². The fourth-order valence-electron chi connectivity index (χ4n) is 5.62. The smallest absolute Gasteiger partial charge is 0.272 e. The summed E-state index contributed by atoms with van der Waals surface area (Å²) < 4.78 is 12.6. The van der Waals surface area contributed by atoms with Crippen molar-refractivity contribution in [2.24, 2.45) is 0 Å². The van der Waals surface area contributed by atoms with Gasteiger partial charge in [0.1, 0.15) is 5.75 Å². The predicted molar refractivity (Wildman–Crippen MR) is 142 cm³/mol. The molecule has 8 nitrogen and oxygen atoms in total. The molecule has 2 aliphatic rings. The summed E-state index contributed by atoms with van der Waals surface area (Å²) in [5.41, 5.74) is 4.19. The van der Waals surface area contributed by atoms with E-state index in [0.717, 1.165) is 63.2 Å². The first-order valence-corrected chi connectivity index (χ1v) is 13.5. The van der Waals surface area contributed by atoms with Crippen molar-refractivity contribution in [1.82, 2.24) is 24.9 Å². The number of fused-ring (bicyclic) bond motifs is 1. The summed E-state index contributed by atoms with van der Waals surface area (Å²) >= 11 is 0. The molecule has 1 fully saturated rings. The van der Waals surface area contributed by atoms with Gasteiger partial charge in [-0.15, -0.1) is 0 Å². The zero-order valence-corrected chi connectivity index (χ0v) is 22.5. The molecule has 36 heavy (non-hydrogen) atoms. The van der Waals surface area contributed by atoms with E-state index in [1.54, 1.807) is 14.2 Å². The van der Waals surface area contributed by atoms with Gasteiger partial charge in [0.25, 0.3) is 5.91 Å². The Labute approximate surface area is 215 Å². The topological polar surface area (TPSA) is 71.9 Å². The third-order valence-corrected chi connectivity index (χ3v) is 7.92. The Bertz CT molecular complexity index is 990. The number of hydrogen-bond donors (Lipinski definition) is 1. The lowest BCUT2D eigenvalue weighted by molar-refractivity contribution is 0.0931. The largest absolute Gasteiger partial charge is 0.497 e. The van der Waals surface area contributed by atoms with Crippen LogP contribution < -0.4 is 10.1 Å². The highest BCUT2D eigenvalue weighted by molar-refractivity contribution is 5.94. The van der Waals surface area contributed by atoms with Crippen molar-refractivity contribution >= 4 is 5.91 Å². The van der Waals surface area contributed by atoms with Gasteiger partial charge >= 0.3 is 0 Å². The van der Waals surface area contributed by atoms with Gasteiger partial charge in [-0.1, -0.05) is 19.1 Å². The third kappa shape index (κ3) is 6.28. The molecule has 4 rings (SSSR count). The molecule has 2 aliphatic heterocycles. The molecule has 1 amide bonds. The minimum absolute atomic E-state index is 0.0434. The van der Waals surface area contributed by atoms with Gasteiger partial charge in [0.2, 0.25) is 0 Å². The van der Waals surface area contributed by atoms with Crippen LogP contribution in [0.5, 0.6) is 5.75 Å². The molecule has 2 aromatic rings. The zero-order valence-electron chi connectivity index (χ0n) is 22.5. The normalized spacial score (nSPS) is 19.3. The lowest BCUT2D eigenvalue weighted by atomic mass is 10.00. The number of ether oxygens (including phenoxy) is 2. The number of carbonyl (C=O) groups excluding carboxylic acids is 1. The third-order valence-electron chi connectivity index (χ3n) is 7.92. The second kappa shape index (κ2) is 12.7. The van der Waals surface area contributed by atoms with Gasteiger partial charge in [-0.3, -0.25) is 19.3 Å². The number of benzene rings is 1. The van der Waals surface area contributed by atoms with Crippen molar-refractivity contribution < 1.29 is 14.3 Å². The average Bonchev–Trinajstić information content (AvgIpc) is 3.53. The van der Waals surface area contributed by atoms with Crippen LogP contribution in [0.1, 0.15) is 60.4 Å². The highest BCUT2D eigenvalue weighted by Crippen LogP contribution is 2.26. The number of aryl methyl sites for hydroxylation is 1. The Balaban J connectivity index is 1.42. The Morgan fingerprint density at radius 2 is 2.03 bits per heavy atom. The number of nitrogens with zero attached hydrogens (tertiary/aromatic N) is 4. The number of nitrogens with one attached hydrogen (secondary N) is 1. The first kappa shape index (κ1) is 26.6. The monoisotopic (exact) mass is 497 g/mol. The number of methoxy groups -OCH3 is 2. The van der Waals surface area contributed by atoms with Crippen LogP contribution in [-0.4, -0.2) is 84.6 Å². The summed E-state index contributed by atoms with van der Waals surface area (Å²) in [7, 11) is 3.40. The first-order valence-electron chi connectivity index (χ1n) is 13.5. The van der Waals surface area contributed by atoms with Crippen molar-refractivity contribution in [3.05, 3.63) is 46.8 Å². The van der Waals surface area contributed by atoms with E-state index in [1.807, 2.05) is 16.8 Å². The molecule has 1 aromatic heterocycles. The molecular weight excluding hydrogens is 454 g/mol. The summed E-state index contributed by atoms with van der Waals surface area (Å²) in [6, 6.07) is 9.18. The van der Waals surface area contributed by atoms with Crippen LogP contribution in [0.4, 0.5) is 0 Å². The molecule has 0 bridgehead atoms. The number of amides is 1. The van der Waals surface area contributed by atoms with E-state index >= 15 is 0 Å². The van der Waals surface area contributed by atoms with E-state index in [1.165, 1.54) is 17.7 Å². The van der Waals surface area contributed by atoms with E-state index in [-0.39, 0.29) is 5.91 Å². The van der Waals surface area contributed by atoms with Crippen LogP contribution in [0, 0.1) is 0 Å². The highest BCUT2D eigenvalue weighted by Gasteiger charge is 2.31. The molecule has 198 valence electrons. The molecule has 1 N–H and O–H groups in total. The van der Waals surface area contributed by atoms with Crippen LogP contribution in [0.15, 0.2) is 24.3 Å². The zero-order chi connectivity index (χ0) is 25.5. The maximum Gasteiger partial charge on any atom is 0.272 e. The molecule has 1 aromatic carbocycles. The van der Waals surface area contributed by atoms with Crippen LogP contribution in [0.3, 0.4) is 0 Å². The van der Waals surface area contributed by atoms with Gasteiger partial charge in [-0.25, -0.2) is 0 Å². The number of likely N-dealkylation sites (N-methyl/N-ethyl adjacent to an activating group) is 1. The Morgan fingerprint density at radius 1 is 1.22 bits per heavy atom. The van der Waals surface area contributed by atoms with Crippen molar-refractivity contribution in [3.8, 4) is 5.75 Å². The van der Waals surface area contributed by atoms with Crippen LogP contribution in [0.25, 0.3) is 0 Å². The molecule has 0 spiro atoms. The molecule has 0 unspecified atom stereocenters. The molecule has 1 saturated heterocycles. The van der Waals surface area contributed by atoms with Gasteiger partial charge in [-0.2, -0.15) is 5.10 Å². The van der Waals surface area contributed by atoms with Crippen LogP contribution in [0.2, 0.25) is 0 Å². The molecular formula is C28H43N5O3. The molecule has 8 heteroatoms. The Morgan fingerprint density at radius 3 is 2.75 bits per heavy atom. The number of likely N-dealkylation sites (tertiary alicyclic amines) is 1. The summed E-state index contributed by atoms with van der Waals surface area (Å²) in [5, 5.41) is 8.00. The van der Waals surface area contributed by atoms with Crippen LogP contribution >= 0.6 is 0 Å². The van der Waals surface area contributed by atoms with E-state index in [0.29, 0.717) is 37.5 Å². The van der Waals surface area contributed by atoms with E-state index in [2.05, 4.69) is 41.1 Å². The molecule has 0 saturated carbocycles. The second-order valence-electron chi connectivity index (χ2n) is 10.1. The second-order valence-corrected chi connectivity index (χ2v) is 10.1. The molecule has 0 aliphatic carbocycles. The number of rotatable bonds is 12. The quantitative estimate of drug-likeness (QED) is 0.486. The molecule has 2 atom stereocenters. The lowest BCUT2D eigenvalue weighted by Crippen LogP contribution is -2.41. The number of carbonyl (C=O) groups is 1. The first-order chi connectivity index (χ1) is 17.5. The van der Waals surface area contributed by atoms with Crippen LogP contribution in [-0.2, 0) is 30.7 Å². The molecule has 3 heterocycles. The van der Waals surface area contributed by atoms with Crippen molar-refractivity contribution in [2.75, 3.05) is 47.0 Å². The Hall–Kier alpha value is -2.42. The van der Waals surface area contributed by atoms with E-state index < -0.39 is 0 Å². The van der Waals surface area contributed by atoms with Crippen molar-refractivity contribution in [3.63, 3.8) is 0 Å². The minimum Gasteiger partial charge on any atom is -0.497 e. The van der Waals surface area contributed by atoms with Gasteiger partial charge in [0.15, 0.2) is 5.69 Å². The predicted octanol–water partition coefficient (Wildman–Crippen LogP) is 3.13. The fraction of sp³-hybridized carbons (Fsp3) is 0.643. The average molecular weight is 498 g/mol. The maximum atomic E-state index is 13.3. The van der Waals surface area contributed by atoms with Crippen molar-refractivity contribution in [2.45, 2.75) is 71.1 Å². The van der Waals surface area contributed by atoms with E-state index in [4.69, 9.17) is 14.6 Å². The van der Waals surface area contributed by atoms with Crippen molar-refractivity contribution in [1.29, 1.82) is 0 Å². The summed E-state index contributed by atoms with van der Waals surface area (Å²) in [6.07, 6.45) is 5.34. The maximum absolute atomic E-state index is 13.3. The SMILES string of the molecule is CCN1CCC[C@@H]1CNC(=O)c1nn(CCOC)c2c1CN([C@H](C)CCc1ccc(OC)cc1)CC2. The van der Waals surface area contributed by atoms with Gasteiger partial charge in [0.05, 0.1) is 20.3 Å². The molecule has 0 radical (unpaired) electrons. The summed E-state index contributed by atoms with van der Waals surface area (Å²) in [4.78, 5) is 18.3. The van der Waals surface area contributed by atoms with Gasteiger partial charge < -0.3 is 14.8 Å². The lowest BCUT2D eigenvalue weighted by Gasteiger charge is -2.33. The standard InChI is InChI=1S/C28H43N5O3/c1-5-31-15-6-7-23(31)19-29-28(34)27-25-20-32(16-14-26(25)33(30-27)17-18-35-3)21(2)8-9-22-10-12-24(36-4)13-11-22/h10-13,21,23H,5-9,14-20H2,1-4H3,(H,29,34)/t21-,23-/m1/s1. The number of aromatic nitrogens is 2. The number of hydrogen-bond acceptors (Lipinski definition) is 6. The summed E-state index contributed by atoms with van der Waals surface area (Å²) in [5.74, 6) is 0.847. The van der Waals surface area contributed by atoms with E-state index in [9.17, 15) is 4.79 Å².